The SMILES string of the molecule is COc1ccc(Nc2c(C)c(Cl)nc3ncnn23)cc1Cl. The number of halogens is 2. The zero-order chi connectivity index (χ0) is 15.0. The fraction of sp³-hybridized carbons (Fsp3) is 0.154. The number of methoxy groups -OCH3 is 1. The fourth-order valence-electron chi connectivity index (χ4n) is 1.93. The van der Waals surface area contributed by atoms with Crippen molar-refractivity contribution in [1.82, 2.24) is 19.6 Å². The summed E-state index contributed by atoms with van der Waals surface area (Å²) < 4.78 is 6.72. The second-order valence-electron chi connectivity index (χ2n) is 4.32. The van der Waals surface area contributed by atoms with Gasteiger partial charge in [-0.15, -0.1) is 0 Å². The Hall–Kier alpha value is -2.05. The minimum atomic E-state index is 0.373. The van der Waals surface area contributed by atoms with Gasteiger partial charge in [-0.1, -0.05) is 23.2 Å². The maximum Gasteiger partial charge on any atom is 0.255 e. The number of ether oxygens (including phenoxy) is 1. The van der Waals surface area contributed by atoms with E-state index in [0.29, 0.717) is 27.5 Å². The topological polar surface area (TPSA) is 64.3 Å². The lowest BCUT2D eigenvalue weighted by Crippen LogP contribution is -2.05. The van der Waals surface area contributed by atoms with Gasteiger partial charge in [-0.05, 0) is 25.1 Å². The molecule has 0 unspecified atom stereocenters. The molecule has 1 aromatic carbocycles. The average Bonchev–Trinajstić information content (AvgIpc) is 2.92. The molecule has 108 valence electrons. The zero-order valence-electron chi connectivity index (χ0n) is 11.3. The third kappa shape index (κ3) is 2.48. The van der Waals surface area contributed by atoms with Crippen molar-refractivity contribution < 1.29 is 4.74 Å². The quantitative estimate of drug-likeness (QED) is 0.747. The van der Waals surface area contributed by atoms with E-state index in [4.69, 9.17) is 27.9 Å². The van der Waals surface area contributed by atoms with Crippen LogP contribution in [0.1, 0.15) is 5.56 Å². The van der Waals surface area contributed by atoms with Crippen molar-refractivity contribution >= 4 is 40.5 Å². The largest absolute Gasteiger partial charge is 0.495 e. The molecule has 0 saturated heterocycles. The molecular weight excluding hydrogens is 313 g/mol. The van der Waals surface area contributed by atoms with Crippen LogP contribution in [0.15, 0.2) is 24.5 Å². The Bertz CT molecular complexity index is 818. The van der Waals surface area contributed by atoms with E-state index in [1.54, 1.807) is 23.8 Å². The second kappa shape index (κ2) is 5.38. The molecule has 0 saturated carbocycles. The van der Waals surface area contributed by atoms with Gasteiger partial charge in [0.25, 0.3) is 5.78 Å². The predicted molar refractivity (Wildman–Crippen MR) is 81.8 cm³/mol. The molecular formula is C13H11Cl2N5O. The lowest BCUT2D eigenvalue weighted by atomic mass is 10.2. The number of anilines is 2. The zero-order valence-corrected chi connectivity index (χ0v) is 12.8. The molecule has 3 aromatic rings. The smallest absolute Gasteiger partial charge is 0.255 e. The van der Waals surface area contributed by atoms with Crippen LogP contribution in [0.4, 0.5) is 11.5 Å². The highest BCUT2D eigenvalue weighted by molar-refractivity contribution is 6.32. The summed E-state index contributed by atoms with van der Waals surface area (Å²) in [6.07, 6.45) is 1.42. The van der Waals surface area contributed by atoms with Gasteiger partial charge in [0.05, 0.1) is 12.1 Å². The molecule has 8 heteroatoms. The van der Waals surface area contributed by atoms with Crippen molar-refractivity contribution in [3.05, 3.63) is 40.3 Å². The Morgan fingerprint density at radius 3 is 2.81 bits per heavy atom. The van der Waals surface area contributed by atoms with Crippen LogP contribution in [0.3, 0.4) is 0 Å². The highest BCUT2D eigenvalue weighted by atomic mass is 35.5. The average molecular weight is 324 g/mol. The summed E-state index contributed by atoms with van der Waals surface area (Å²) in [6.45, 7) is 1.85. The Labute approximate surface area is 130 Å². The van der Waals surface area contributed by atoms with E-state index >= 15 is 0 Å². The van der Waals surface area contributed by atoms with Crippen molar-refractivity contribution in [1.29, 1.82) is 0 Å². The van der Waals surface area contributed by atoms with Crippen molar-refractivity contribution in [3.63, 3.8) is 0 Å². The minimum Gasteiger partial charge on any atom is -0.495 e. The first-order chi connectivity index (χ1) is 10.1. The van der Waals surface area contributed by atoms with Gasteiger partial charge in [0.15, 0.2) is 0 Å². The maximum absolute atomic E-state index is 6.13. The number of nitrogens with zero attached hydrogens (tertiary/aromatic N) is 4. The van der Waals surface area contributed by atoms with Crippen LogP contribution in [0.25, 0.3) is 5.78 Å². The standard InChI is InChI=1S/C13H11Cl2N5O/c1-7-11(15)19-13-16-6-17-20(13)12(7)18-8-3-4-10(21-2)9(14)5-8/h3-6,18H,1-2H3. The van der Waals surface area contributed by atoms with E-state index in [-0.39, 0.29) is 0 Å². The number of hydrogen-bond donors (Lipinski definition) is 1. The van der Waals surface area contributed by atoms with Gasteiger partial charge in [-0.3, -0.25) is 0 Å². The van der Waals surface area contributed by atoms with Gasteiger partial charge in [-0.2, -0.15) is 19.6 Å². The first-order valence-corrected chi connectivity index (χ1v) is 6.82. The Kier molecular flexibility index (Phi) is 3.57. The van der Waals surface area contributed by atoms with Gasteiger partial charge < -0.3 is 10.1 Å². The molecule has 0 aliphatic heterocycles. The number of nitrogens with one attached hydrogen (secondary N) is 1. The summed E-state index contributed by atoms with van der Waals surface area (Å²) in [5.41, 5.74) is 1.55. The predicted octanol–water partition coefficient (Wildman–Crippen LogP) is 3.49. The lowest BCUT2D eigenvalue weighted by Gasteiger charge is -2.12. The molecule has 0 aliphatic rings. The van der Waals surface area contributed by atoms with Gasteiger partial charge in [0.2, 0.25) is 0 Å². The molecule has 0 amide bonds. The molecule has 0 fully saturated rings. The summed E-state index contributed by atoms with van der Waals surface area (Å²) in [4.78, 5) is 8.19. The van der Waals surface area contributed by atoms with Gasteiger partial charge in [-0.25, -0.2) is 0 Å². The van der Waals surface area contributed by atoms with Gasteiger partial charge in [0.1, 0.15) is 23.0 Å². The molecule has 0 aliphatic carbocycles. The van der Waals surface area contributed by atoms with E-state index in [0.717, 1.165) is 11.3 Å². The number of rotatable bonds is 3. The molecule has 2 heterocycles. The normalized spacial score (nSPS) is 10.9. The monoisotopic (exact) mass is 323 g/mol. The van der Waals surface area contributed by atoms with Crippen molar-refractivity contribution in [2.24, 2.45) is 0 Å². The van der Waals surface area contributed by atoms with Crippen LogP contribution in [0.2, 0.25) is 10.2 Å². The first kappa shape index (κ1) is 13.9. The van der Waals surface area contributed by atoms with E-state index < -0.39 is 0 Å². The first-order valence-electron chi connectivity index (χ1n) is 6.06. The molecule has 0 radical (unpaired) electrons. The van der Waals surface area contributed by atoms with Crippen LogP contribution in [0, 0.1) is 6.92 Å². The minimum absolute atomic E-state index is 0.373. The molecule has 2 aromatic heterocycles. The number of hydrogen-bond acceptors (Lipinski definition) is 5. The molecule has 3 rings (SSSR count). The third-order valence-corrected chi connectivity index (χ3v) is 3.68. The Balaban J connectivity index is 2.07. The molecule has 0 spiro atoms. The Morgan fingerprint density at radius 1 is 1.29 bits per heavy atom. The van der Waals surface area contributed by atoms with Crippen LogP contribution in [-0.2, 0) is 0 Å². The van der Waals surface area contributed by atoms with E-state index in [1.165, 1.54) is 6.33 Å². The molecule has 0 atom stereocenters. The molecule has 0 bridgehead atoms. The van der Waals surface area contributed by atoms with Crippen LogP contribution in [0.5, 0.6) is 5.75 Å². The summed E-state index contributed by atoms with van der Waals surface area (Å²) in [7, 11) is 1.57. The van der Waals surface area contributed by atoms with E-state index in [9.17, 15) is 0 Å². The highest BCUT2D eigenvalue weighted by Crippen LogP contribution is 2.30. The van der Waals surface area contributed by atoms with Gasteiger partial charge >= 0.3 is 0 Å². The molecule has 6 nitrogen and oxygen atoms in total. The van der Waals surface area contributed by atoms with E-state index in [1.807, 2.05) is 13.0 Å². The summed E-state index contributed by atoms with van der Waals surface area (Å²) >= 11 is 12.2. The van der Waals surface area contributed by atoms with Crippen LogP contribution in [-0.4, -0.2) is 26.7 Å². The summed E-state index contributed by atoms with van der Waals surface area (Å²) in [5.74, 6) is 1.72. The summed E-state index contributed by atoms with van der Waals surface area (Å²) in [5, 5.41) is 8.25. The Morgan fingerprint density at radius 2 is 2.10 bits per heavy atom. The number of aromatic nitrogens is 4. The number of fused-ring (bicyclic) bond motifs is 1. The van der Waals surface area contributed by atoms with Crippen molar-refractivity contribution in [2.75, 3.05) is 12.4 Å². The molecule has 21 heavy (non-hydrogen) atoms. The lowest BCUT2D eigenvalue weighted by molar-refractivity contribution is 0.415. The van der Waals surface area contributed by atoms with E-state index in [2.05, 4.69) is 20.4 Å². The second-order valence-corrected chi connectivity index (χ2v) is 5.09. The maximum atomic E-state index is 6.13. The fourth-order valence-corrected chi connectivity index (χ4v) is 2.35. The highest BCUT2D eigenvalue weighted by Gasteiger charge is 2.13. The van der Waals surface area contributed by atoms with Crippen molar-refractivity contribution in [3.8, 4) is 5.75 Å². The van der Waals surface area contributed by atoms with Crippen molar-refractivity contribution in [2.45, 2.75) is 6.92 Å². The van der Waals surface area contributed by atoms with Crippen LogP contribution < -0.4 is 10.1 Å². The van der Waals surface area contributed by atoms with Crippen LogP contribution >= 0.6 is 23.2 Å². The summed E-state index contributed by atoms with van der Waals surface area (Å²) in [6, 6.07) is 5.39. The molecule has 1 N–H and O–H groups in total. The third-order valence-electron chi connectivity index (χ3n) is 3.02. The number of benzene rings is 1. The van der Waals surface area contributed by atoms with Gasteiger partial charge in [0, 0.05) is 11.3 Å².